The van der Waals surface area contributed by atoms with Crippen molar-refractivity contribution in [2.75, 3.05) is 6.67 Å². The molecule has 2 N–H and O–H groups in total. The Morgan fingerprint density at radius 2 is 2.20 bits per heavy atom. The maximum Gasteiger partial charge on any atom is 0.310 e. The van der Waals surface area contributed by atoms with E-state index in [4.69, 9.17) is 0 Å². The molecule has 57 valence electrons. The van der Waals surface area contributed by atoms with Crippen molar-refractivity contribution < 1.29 is 13.2 Å². The number of sulfonamides is 1. The average molecular weight is 163 g/mol. The van der Waals surface area contributed by atoms with Gasteiger partial charge in [-0.05, 0) is 0 Å². The zero-order valence-electron chi connectivity index (χ0n) is 5.12. The van der Waals surface area contributed by atoms with E-state index >= 15 is 0 Å². The first-order chi connectivity index (χ1) is 4.62. The normalized spacial score (nSPS) is 10.4. The molecule has 0 aromatic heterocycles. The number of carbonyl (C=O) groups excluding carboxylic acids is 1. The molecule has 10 heavy (non-hydrogen) atoms. The Morgan fingerprint density at radius 3 is 2.60 bits per heavy atom. The molecule has 5 nitrogen and oxygen atoms in total. The number of nitrogens with one attached hydrogen (secondary N) is 2. The molecular weight excluding hydrogens is 156 g/mol. The first kappa shape index (κ1) is 9.12. The fourth-order valence-corrected chi connectivity index (χ4v) is 0.623. The predicted octanol–water partition coefficient (Wildman–Crippen LogP) is -1.34. The van der Waals surface area contributed by atoms with Crippen LogP contribution in [0.2, 0.25) is 0 Å². The van der Waals surface area contributed by atoms with Crippen LogP contribution in [0.25, 0.3) is 0 Å². The molecule has 0 unspecified atom stereocenters. The van der Waals surface area contributed by atoms with Gasteiger partial charge in [-0.1, -0.05) is 6.58 Å². The van der Waals surface area contributed by atoms with Crippen LogP contribution in [0.5, 0.6) is 0 Å². The summed E-state index contributed by atoms with van der Waals surface area (Å²) in [6, 6.07) is 0. The minimum Gasteiger partial charge on any atom is -0.334 e. The molecule has 0 heterocycles. The summed E-state index contributed by atoms with van der Waals surface area (Å²) in [5, 5.41) is 2.74. The van der Waals surface area contributed by atoms with Crippen LogP contribution in [0.4, 0.5) is 0 Å². The molecule has 0 bridgehead atoms. The fraction of sp³-hybridized carbons (Fsp3) is 0.250. The third-order valence-corrected chi connectivity index (χ3v) is 1.64. The molecule has 1 amide bonds. The first-order valence-electron chi connectivity index (χ1n) is 2.34. The summed E-state index contributed by atoms with van der Waals surface area (Å²) >= 11 is 0. The lowest BCUT2D eigenvalue weighted by Gasteiger charge is -1.97. The van der Waals surface area contributed by atoms with Crippen LogP contribution in [0.1, 0.15) is 0 Å². The van der Waals surface area contributed by atoms with Crippen molar-refractivity contribution >= 4 is 16.4 Å². The van der Waals surface area contributed by atoms with E-state index in [1.807, 2.05) is 10.0 Å². The number of rotatable bonds is 5. The maximum atomic E-state index is 10.5. The van der Waals surface area contributed by atoms with Gasteiger partial charge in [-0.15, -0.1) is 0 Å². The third kappa shape index (κ3) is 4.04. The van der Waals surface area contributed by atoms with Crippen molar-refractivity contribution in [2.24, 2.45) is 0 Å². The lowest BCUT2D eigenvalue weighted by Crippen LogP contribution is -2.31. The highest BCUT2D eigenvalue weighted by Crippen LogP contribution is 1.78. The van der Waals surface area contributed by atoms with E-state index in [1.165, 1.54) is 6.41 Å². The Bertz CT molecular complexity index is 209. The second-order valence-electron chi connectivity index (χ2n) is 1.31. The first-order valence-corrected chi connectivity index (χ1v) is 3.89. The third-order valence-electron chi connectivity index (χ3n) is 0.653. The molecule has 0 aliphatic rings. The lowest BCUT2D eigenvalue weighted by atomic mass is 11.1. The summed E-state index contributed by atoms with van der Waals surface area (Å²) in [5.74, 6) is 0. The minimum atomic E-state index is -3.42. The van der Waals surface area contributed by atoms with Gasteiger partial charge in [0, 0.05) is 5.41 Å². The van der Waals surface area contributed by atoms with Gasteiger partial charge < -0.3 is 5.32 Å². The van der Waals surface area contributed by atoms with Gasteiger partial charge in [0.15, 0.2) is 0 Å². The zero-order valence-corrected chi connectivity index (χ0v) is 5.94. The summed E-state index contributed by atoms with van der Waals surface area (Å²) in [6.45, 7) is 2.87. The quantitative estimate of drug-likeness (QED) is 0.299. The predicted molar refractivity (Wildman–Crippen MR) is 35.9 cm³/mol. The van der Waals surface area contributed by atoms with Crippen LogP contribution in [0.15, 0.2) is 12.0 Å². The van der Waals surface area contributed by atoms with Crippen molar-refractivity contribution in [1.29, 1.82) is 0 Å². The molecule has 6 heteroatoms. The fourth-order valence-electron chi connectivity index (χ4n) is 0.232. The van der Waals surface area contributed by atoms with Gasteiger partial charge in [-0.2, -0.15) is 4.72 Å². The average Bonchev–Trinajstić information content (AvgIpc) is 1.89. The molecule has 0 aliphatic carbocycles. The van der Waals surface area contributed by atoms with Gasteiger partial charge in [0.25, 0.3) is 0 Å². The van der Waals surface area contributed by atoms with Crippen LogP contribution < -0.4 is 10.0 Å². The highest BCUT2D eigenvalue weighted by Gasteiger charge is 1.99. The Morgan fingerprint density at radius 1 is 1.60 bits per heavy atom. The Hall–Kier alpha value is -0.880. The highest BCUT2D eigenvalue weighted by molar-refractivity contribution is 7.92. The van der Waals surface area contributed by atoms with Crippen molar-refractivity contribution in [2.45, 2.75) is 0 Å². The van der Waals surface area contributed by atoms with Crippen LogP contribution >= 0.6 is 0 Å². The van der Waals surface area contributed by atoms with Crippen molar-refractivity contribution in [1.82, 2.24) is 10.0 Å². The molecule has 0 aromatic rings. The molecule has 1 radical (unpaired) electrons. The summed E-state index contributed by atoms with van der Waals surface area (Å²) in [6.07, 6.45) is 1.30. The lowest BCUT2D eigenvalue weighted by molar-refractivity contribution is 0.539. The van der Waals surface area contributed by atoms with Crippen molar-refractivity contribution in [3.8, 4) is 0 Å². The summed E-state index contributed by atoms with van der Waals surface area (Å²) in [4.78, 5) is 9.48. The number of amides is 1. The topological polar surface area (TPSA) is 75.3 Å². The van der Waals surface area contributed by atoms with Gasteiger partial charge >= 0.3 is 6.41 Å². The molecule has 0 atom stereocenters. The van der Waals surface area contributed by atoms with Crippen LogP contribution in [0.3, 0.4) is 0 Å². The van der Waals surface area contributed by atoms with Gasteiger partial charge in [-0.3, -0.25) is 4.79 Å². The standard InChI is InChI=1S/C4H7N2O3S/c1-2-10(8,9)6-3-5-4-7/h2,6H,1,3H2,(H,5,7). The number of hydrogen-bond acceptors (Lipinski definition) is 3. The molecule has 0 aromatic carbocycles. The molecular formula is C4H7N2O3S. The van der Waals surface area contributed by atoms with E-state index in [1.54, 1.807) is 0 Å². The Kier molecular flexibility index (Phi) is 3.67. The van der Waals surface area contributed by atoms with Crippen LogP contribution in [-0.4, -0.2) is 21.5 Å². The second kappa shape index (κ2) is 4.02. The second-order valence-corrected chi connectivity index (χ2v) is 3.02. The summed E-state index contributed by atoms with van der Waals surface area (Å²) in [5.41, 5.74) is 0. The van der Waals surface area contributed by atoms with Crippen LogP contribution in [0, 0.1) is 0 Å². The van der Waals surface area contributed by atoms with Crippen LogP contribution in [-0.2, 0) is 14.8 Å². The minimum absolute atomic E-state index is 0.169. The van der Waals surface area contributed by atoms with E-state index in [0.29, 0.717) is 0 Å². The van der Waals surface area contributed by atoms with E-state index in [9.17, 15) is 13.2 Å². The van der Waals surface area contributed by atoms with Crippen molar-refractivity contribution in [3.05, 3.63) is 12.0 Å². The molecule has 0 spiro atoms. The van der Waals surface area contributed by atoms with E-state index in [0.717, 1.165) is 5.41 Å². The largest absolute Gasteiger partial charge is 0.334 e. The van der Waals surface area contributed by atoms with Gasteiger partial charge in [-0.25, -0.2) is 8.42 Å². The zero-order chi connectivity index (χ0) is 8.04. The smallest absolute Gasteiger partial charge is 0.310 e. The molecule has 0 fully saturated rings. The monoisotopic (exact) mass is 163 g/mol. The molecule has 0 saturated heterocycles. The SMILES string of the molecule is C=CS(=O)(=O)NCN[C]=O. The van der Waals surface area contributed by atoms with Gasteiger partial charge in [0.1, 0.15) is 0 Å². The molecule has 0 saturated carbocycles. The van der Waals surface area contributed by atoms with E-state index in [2.05, 4.69) is 6.58 Å². The van der Waals surface area contributed by atoms with Gasteiger partial charge in [0.05, 0.1) is 6.67 Å². The summed E-state index contributed by atoms with van der Waals surface area (Å²) in [7, 11) is -3.42. The van der Waals surface area contributed by atoms with Gasteiger partial charge in [0.2, 0.25) is 10.0 Å². The summed E-state index contributed by atoms with van der Waals surface area (Å²) < 4.78 is 22.9. The molecule has 0 aliphatic heterocycles. The molecule has 0 rings (SSSR count). The van der Waals surface area contributed by atoms with E-state index < -0.39 is 10.0 Å². The van der Waals surface area contributed by atoms with Crippen molar-refractivity contribution in [3.63, 3.8) is 0 Å². The Balaban J connectivity index is 3.69. The van der Waals surface area contributed by atoms with E-state index in [-0.39, 0.29) is 6.67 Å². The highest BCUT2D eigenvalue weighted by atomic mass is 32.2. The maximum absolute atomic E-state index is 10.5. The number of hydrogen-bond donors (Lipinski definition) is 2. The Labute approximate surface area is 59.2 Å².